The first kappa shape index (κ1) is 13.4. The normalized spacial score (nSPS) is 19.3. The molecule has 0 spiro atoms. The van der Waals surface area contributed by atoms with Crippen LogP contribution in [-0.2, 0) is 6.42 Å². The second-order valence-corrected chi connectivity index (χ2v) is 4.56. The van der Waals surface area contributed by atoms with Gasteiger partial charge in [-0.1, -0.05) is 24.3 Å². The molecule has 1 aliphatic carbocycles. The monoisotopic (exact) mass is 259 g/mol. The summed E-state index contributed by atoms with van der Waals surface area (Å²) >= 11 is 0. The van der Waals surface area contributed by atoms with Crippen molar-refractivity contribution < 1.29 is 18.3 Å². The Hall–Kier alpha value is -1.07. The van der Waals surface area contributed by atoms with E-state index >= 15 is 0 Å². The molecular weight excluding hydrogens is 243 g/mol. The van der Waals surface area contributed by atoms with Crippen LogP contribution in [0.3, 0.4) is 0 Å². The highest BCUT2D eigenvalue weighted by Crippen LogP contribution is 2.36. The van der Waals surface area contributed by atoms with Crippen molar-refractivity contribution >= 4 is 0 Å². The molecule has 0 heterocycles. The quantitative estimate of drug-likeness (QED) is 0.898. The van der Waals surface area contributed by atoms with E-state index in [9.17, 15) is 13.2 Å². The van der Waals surface area contributed by atoms with Gasteiger partial charge in [-0.3, -0.25) is 4.90 Å². The minimum atomic E-state index is -4.23. The number of halogens is 3. The molecule has 0 amide bonds. The highest BCUT2D eigenvalue weighted by molar-refractivity contribution is 5.34. The van der Waals surface area contributed by atoms with E-state index in [0.717, 1.165) is 17.5 Å². The summed E-state index contributed by atoms with van der Waals surface area (Å²) in [5.41, 5.74) is 2.09. The van der Waals surface area contributed by atoms with Crippen LogP contribution in [0.4, 0.5) is 13.2 Å². The topological polar surface area (TPSA) is 23.5 Å². The standard InChI is InChI=1S/C13H16F3NO/c14-13(15,16)9-17(7-8-18)12-6-5-10-3-1-2-4-11(10)12/h1-4,12,18H,5-9H2. The Morgan fingerprint density at radius 3 is 2.67 bits per heavy atom. The van der Waals surface area contributed by atoms with Gasteiger partial charge in [-0.25, -0.2) is 0 Å². The van der Waals surface area contributed by atoms with E-state index in [1.165, 1.54) is 4.90 Å². The van der Waals surface area contributed by atoms with Crippen molar-refractivity contribution in [2.45, 2.75) is 25.1 Å². The SMILES string of the molecule is OCCN(CC(F)(F)F)C1CCc2ccccc21. The molecule has 0 bridgehead atoms. The van der Waals surface area contributed by atoms with Crippen molar-refractivity contribution in [1.82, 2.24) is 4.90 Å². The maximum Gasteiger partial charge on any atom is 0.401 e. The highest BCUT2D eigenvalue weighted by atomic mass is 19.4. The van der Waals surface area contributed by atoms with E-state index < -0.39 is 12.7 Å². The van der Waals surface area contributed by atoms with Gasteiger partial charge in [-0.2, -0.15) is 13.2 Å². The van der Waals surface area contributed by atoms with Crippen LogP contribution in [-0.4, -0.2) is 35.9 Å². The Morgan fingerprint density at radius 1 is 1.28 bits per heavy atom. The number of aliphatic hydroxyl groups excluding tert-OH is 1. The molecule has 2 rings (SSSR count). The zero-order chi connectivity index (χ0) is 13.2. The lowest BCUT2D eigenvalue weighted by Gasteiger charge is -2.29. The number of hydrogen-bond acceptors (Lipinski definition) is 2. The molecule has 100 valence electrons. The van der Waals surface area contributed by atoms with Crippen LogP contribution in [0.15, 0.2) is 24.3 Å². The zero-order valence-corrected chi connectivity index (χ0v) is 9.95. The summed E-state index contributed by atoms with van der Waals surface area (Å²) < 4.78 is 37.6. The third-order valence-electron chi connectivity index (χ3n) is 3.31. The van der Waals surface area contributed by atoms with Gasteiger partial charge in [0, 0.05) is 12.6 Å². The lowest BCUT2D eigenvalue weighted by atomic mass is 10.1. The maximum atomic E-state index is 12.5. The van der Waals surface area contributed by atoms with Gasteiger partial charge in [0.2, 0.25) is 0 Å². The van der Waals surface area contributed by atoms with Crippen molar-refractivity contribution in [3.05, 3.63) is 35.4 Å². The molecule has 1 atom stereocenters. The van der Waals surface area contributed by atoms with Crippen molar-refractivity contribution in [2.24, 2.45) is 0 Å². The fourth-order valence-corrected chi connectivity index (χ4v) is 2.62. The van der Waals surface area contributed by atoms with Crippen molar-refractivity contribution in [3.8, 4) is 0 Å². The molecule has 1 N–H and O–H groups in total. The van der Waals surface area contributed by atoms with Gasteiger partial charge in [0.05, 0.1) is 13.2 Å². The number of rotatable bonds is 4. The smallest absolute Gasteiger partial charge is 0.395 e. The Balaban J connectivity index is 2.18. The third kappa shape index (κ3) is 3.03. The molecule has 0 saturated carbocycles. The number of fused-ring (bicyclic) bond motifs is 1. The van der Waals surface area contributed by atoms with Gasteiger partial charge in [0.1, 0.15) is 0 Å². The van der Waals surface area contributed by atoms with E-state index in [1.54, 1.807) is 0 Å². The van der Waals surface area contributed by atoms with Gasteiger partial charge in [0.25, 0.3) is 0 Å². The van der Waals surface area contributed by atoms with Crippen LogP contribution in [0.5, 0.6) is 0 Å². The molecule has 0 aliphatic heterocycles. The minimum absolute atomic E-state index is 0.0541. The fraction of sp³-hybridized carbons (Fsp3) is 0.538. The first-order chi connectivity index (χ1) is 8.51. The van der Waals surface area contributed by atoms with Gasteiger partial charge in [0.15, 0.2) is 0 Å². The average molecular weight is 259 g/mol. The van der Waals surface area contributed by atoms with E-state index in [-0.39, 0.29) is 19.2 Å². The Labute approximate surface area is 104 Å². The predicted octanol–water partition coefficient (Wildman–Crippen LogP) is 2.53. The second kappa shape index (κ2) is 5.28. The molecule has 1 aromatic carbocycles. The number of aryl methyl sites for hydroxylation is 1. The third-order valence-corrected chi connectivity index (χ3v) is 3.31. The second-order valence-electron chi connectivity index (χ2n) is 4.56. The number of nitrogens with zero attached hydrogens (tertiary/aromatic N) is 1. The number of aliphatic hydroxyl groups is 1. The van der Waals surface area contributed by atoms with Crippen LogP contribution in [0.1, 0.15) is 23.6 Å². The van der Waals surface area contributed by atoms with E-state index in [1.807, 2.05) is 24.3 Å². The summed E-state index contributed by atoms with van der Waals surface area (Å²) in [7, 11) is 0. The molecule has 0 fully saturated rings. The van der Waals surface area contributed by atoms with Crippen molar-refractivity contribution in [1.29, 1.82) is 0 Å². The van der Waals surface area contributed by atoms with Crippen LogP contribution in [0.25, 0.3) is 0 Å². The summed E-state index contributed by atoms with van der Waals surface area (Å²) in [6.07, 6.45) is -2.73. The number of benzene rings is 1. The van der Waals surface area contributed by atoms with Crippen molar-refractivity contribution in [3.63, 3.8) is 0 Å². The highest BCUT2D eigenvalue weighted by Gasteiger charge is 2.36. The number of hydrogen-bond donors (Lipinski definition) is 1. The lowest BCUT2D eigenvalue weighted by molar-refractivity contribution is -0.152. The van der Waals surface area contributed by atoms with E-state index in [0.29, 0.717) is 6.42 Å². The summed E-state index contributed by atoms with van der Waals surface area (Å²) in [5.74, 6) is 0. The van der Waals surface area contributed by atoms with Crippen LogP contribution >= 0.6 is 0 Å². The van der Waals surface area contributed by atoms with Crippen LogP contribution < -0.4 is 0 Å². The van der Waals surface area contributed by atoms with Gasteiger partial charge < -0.3 is 5.11 Å². The number of alkyl halides is 3. The van der Waals surface area contributed by atoms with E-state index in [2.05, 4.69) is 0 Å². The minimum Gasteiger partial charge on any atom is -0.395 e. The molecule has 5 heteroatoms. The average Bonchev–Trinajstić information content (AvgIpc) is 2.70. The Bertz CT molecular complexity index is 405. The van der Waals surface area contributed by atoms with E-state index in [4.69, 9.17) is 5.11 Å². The summed E-state index contributed by atoms with van der Waals surface area (Å²) in [6.45, 7) is -1.17. The van der Waals surface area contributed by atoms with Gasteiger partial charge in [-0.15, -0.1) is 0 Å². The molecule has 2 nitrogen and oxygen atoms in total. The summed E-state index contributed by atoms with van der Waals surface area (Å²) in [4.78, 5) is 1.33. The fourth-order valence-electron chi connectivity index (χ4n) is 2.62. The van der Waals surface area contributed by atoms with Gasteiger partial charge in [-0.05, 0) is 24.0 Å². The molecule has 18 heavy (non-hydrogen) atoms. The molecule has 1 unspecified atom stereocenters. The van der Waals surface area contributed by atoms with Crippen LogP contribution in [0, 0.1) is 0 Å². The molecule has 1 aliphatic rings. The molecule has 0 radical (unpaired) electrons. The molecular formula is C13H16F3NO. The van der Waals surface area contributed by atoms with Crippen LogP contribution in [0.2, 0.25) is 0 Å². The first-order valence-corrected chi connectivity index (χ1v) is 6.01. The maximum absolute atomic E-state index is 12.5. The predicted molar refractivity (Wildman–Crippen MR) is 62.2 cm³/mol. The molecule has 0 saturated heterocycles. The molecule has 0 aromatic heterocycles. The summed E-state index contributed by atoms with van der Waals surface area (Å²) in [5, 5.41) is 8.93. The first-order valence-electron chi connectivity index (χ1n) is 6.01. The lowest BCUT2D eigenvalue weighted by Crippen LogP contribution is -2.38. The zero-order valence-electron chi connectivity index (χ0n) is 9.95. The largest absolute Gasteiger partial charge is 0.401 e. The van der Waals surface area contributed by atoms with Crippen molar-refractivity contribution in [2.75, 3.05) is 19.7 Å². The Morgan fingerprint density at radius 2 is 2.00 bits per heavy atom. The Kier molecular flexibility index (Phi) is 3.92. The summed E-state index contributed by atoms with van der Waals surface area (Å²) in [6, 6.07) is 7.37. The molecule has 1 aromatic rings. The van der Waals surface area contributed by atoms with Gasteiger partial charge >= 0.3 is 6.18 Å².